The minimum atomic E-state index is -3.60. The third-order valence-corrected chi connectivity index (χ3v) is 7.28. The Morgan fingerprint density at radius 1 is 1.00 bits per heavy atom. The summed E-state index contributed by atoms with van der Waals surface area (Å²) >= 11 is 0. The van der Waals surface area contributed by atoms with Gasteiger partial charge in [-0.3, -0.25) is 0 Å². The van der Waals surface area contributed by atoms with E-state index in [0.717, 1.165) is 29.8 Å². The number of hydrogen-bond acceptors (Lipinski definition) is 4. The molecule has 1 N–H and O–H groups in total. The van der Waals surface area contributed by atoms with Gasteiger partial charge < -0.3 is 9.80 Å². The summed E-state index contributed by atoms with van der Waals surface area (Å²) in [4.78, 5) is 4.68. The first-order valence-corrected chi connectivity index (χ1v) is 12.0. The molecule has 0 aromatic heterocycles. The fraction of sp³-hybridized carbons (Fsp3) is 0.280. The minimum Gasteiger partial charge on any atom is -0.378 e. The number of fused-ring (bicyclic) bond motifs is 1. The first-order valence-electron chi connectivity index (χ1n) is 10.5. The van der Waals surface area contributed by atoms with E-state index in [1.165, 1.54) is 11.3 Å². The van der Waals surface area contributed by atoms with Crippen molar-refractivity contribution in [3.8, 4) is 0 Å². The van der Waals surface area contributed by atoms with Crippen LogP contribution in [0.15, 0.2) is 77.7 Å². The number of anilines is 2. The molecule has 0 amide bonds. The Kier molecular flexibility index (Phi) is 6.03. The van der Waals surface area contributed by atoms with E-state index in [2.05, 4.69) is 57.0 Å². The minimum absolute atomic E-state index is 0.0977. The SMILES string of the molecule is Cc1cccc(S(=O)(=O)NC[C@H](c2ccc(N(C)C)cc2)N2CCc3ccccc32)c1. The monoisotopic (exact) mass is 435 g/mol. The molecule has 0 bridgehead atoms. The van der Waals surface area contributed by atoms with Gasteiger partial charge in [-0.05, 0) is 60.4 Å². The van der Waals surface area contributed by atoms with Gasteiger partial charge in [0, 0.05) is 38.6 Å². The lowest BCUT2D eigenvalue weighted by Crippen LogP contribution is -2.37. The molecule has 0 saturated carbocycles. The van der Waals surface area contributed by atoms with E-state index >= 15 is 0 Å². The predicted octanol–water partition coefficient (Wildman–Crippen LogP) is 4.14. The lowest BCUT2D eigenvalue weighted by Gasteiger charge is -2.31. The van der Waals surface area contributed by atoms with Crippen molar-refractivity contribution in [2.24, 2.45) is 0 Å². The largest absolute Gasteiger partial charge is 0.378 e. The fourth-order valence-corrected chi connectivity index (χ4v) is 5.29. The zero-order chi connectivity index (χ0) is 22.0. The van der Waals surface area contributed by atoms with Gasteiger partial charge in [0.1, 0.15) is 0 Å². The number of aryl methyl sites for hydroxylation is 1. The Hall–Kier alpha value is -2.83. The highest BCUT2D eigenvalue weighted by atomic mass is 32.2. The van der Waals surface area contributed by atoms with Crippen LogP contribution in [0.4, 0.5) is 11.4 Å². The second-order valence-corrected chi connectivity index (χ2v) is 10.0. The standard InChI is InChI=1S/C25H29N3O2S/c1-19-7-6-9-23(17-19)31(29,30)26-18-25(21-11-13-22(14-12-21)27(2)3)28-16-15-20-8-4-5-10-24(20)28/h4-14,17,25-26H,15-16,18H2,1-3H3/t25-/m1/s1. The molecule has 0 unspecified atom stereocenters. The molecule has 0 fully saturated rings. The molecule has 1 aliphatic heterocycles. The molecule has 4 rings (SSSR count). The number of rotatable bonds is 7. The van der Waals surface area contributed by atoms with Crippen LogP contribution in [0.25, 0.3) is 0 Å². The molecule has 6 heteroatoms. The molecule has 162 valence electrons. The summed E-state index contributed by atoms with van der Waals surface area (Å²) < 4.78 is 28.8. The van der Waals surface area contributed by atoms with Crippen LogP contribution in [0.1, 0.15) is 22.7 Å². The Morgan fingerprint density at radius 3 is 2.45 bits per heavy atom. The Labute approximate surface area is 185 Å². The molecule has 1 aliphatic rings. The highest BCUT2D eigenvalue weighted by Crippen LogP contribution is 2.35. The maximum atomic E-state index is 13.0. The van der Waals surface area contributed by atoms with Gasteiger partial charge in [-0.15, -0.1) is 0 Å². The van der Waals surface area contributed by atoms with Gasteiger partial charge in [0.05, 0.1) is 10.9 Å². The fourth-order valence-electron chi connectivity index (χ4n) is 4.14. The average molecular weight is 436 g/mol. The summed E-state index contributed by atoms with van der Waals surface area (Å²) in [6.45, 7) is 3.06. The van der Waals surface area contributed by atoms with E-state index < -0.39 is 10.0 Å². The normalized spacial score (nSPS) is 14.4. The van der Waals surface area contributed by atoms with Gasteiger partial charge in [0.2, 0.25) is 10.0 Å². The van der Waals surface area contributed by atoms with Crippen molar-refractivity contribution in [1.82, 2.24) is 4.72 Å². The average Bonchev–Trinajstić information content (AvgIpc) is 3.18. The summed E-state index contributed by atoms with van der Waals surface area (Å²) in [6, 6.07) is 23.7. The lowest BCUT2D eigenvalue weighted by atomic mass is 10.0. The number of sulfonamides is 1. The van der Waals surface area contributed by atoms with E-state index in [4.69, 9.17) is 0 Å². The number of para-hydroxylation sites is 1. The first-order chi connectivity index (χ1) is 14.8. The third kappa shape index (κ3) is 4.60. The van der Waals surface area contributed by atoms with Crippen molar-refractivity contribution in [3.63, 3.8) is 0 Å². The molecule has 0 aliphatic carbocycles. The Morgan fingerprint density at radius 2 is 1.74 bits per heavy atom. The van der Waals surface area contributed by atoms with Gasteiger partial charge >= 0.3 is 0 Å². The number of nitrogens with zero attached hydrogens (tertiary/aromatic N) is 2. The summed E-state index contributed by atoms with van der Waals surface area (Å²) in [5.41, 5.74) is 5.61. The van der Waals surface area contributed by atoms with Crippen molar-refractivity contribution >= 4 is 21.4 Å². The van der Waals surface area contributed by atoms with Crippen LogP contribution in [0, 0.1) is 6.92 Å². The van der Waals surface area contributed by atoms with Crippen LogP contribution in [0.3, 0.4) is 0 Å². The molecule has 0 radical (unpaired) electrons. The Balaban J connectivity index is 1.64. The third-order valence-electron chi connectivity index (χ3n) is 5.86. The maximum Gasteiger partial charge on any atom is 0.240 e. The van der Waals surface area contributed by atoms with Gasteiger partial charge in [-0.25, -0.2) is 13.1 Å². The van der Waals surface area contributed by atoms with Crippen molar-refractivity contribution in [1.29, 1.82) is 0 Å². The van der Waals surface area contributed by atoms with Crippen LogP contribution >= 0.6 is 0 Å². The van der Waals surface area contributed by atoms with Crippen molar-refractivity contribution in [2.75, 3.05) is 37.0 Å². The zero-order valence-corrected chi connectivity index (χ0v) is 19.1. The Bertz CT molecular complexity index is 1160. The van der Waals surface area contributed by atoms with Crippen LogP contribution in [0.5, 0.6) is 0 Å². The molecule has 0 saturated heterocycles. The van der Waals surface area contributed by atoms with Crippen LogP contribution < -0.4 is 14.5 Å². The van der Waals surface area contributed by atoms with E-state index in [0.29, 0.717) is 11.4 Å². The zero-order valence-electron chi connectivity index (χ0n) is 18.2. The van der Waals surface area contributed by atoms with Gasteiger partial charge in [-0.1, -0.05) is 42.5 Å². The van der Waals surface area contributed by atoms with E-state index in [-0.39, 0.29) is 6.04 Å². The number of hydrogen-bond donors (Lipinski definition) is 1. The number of benzene rings is 3. The van der Waals surface area contributed by atoms with Gasteiger partial charge in [0.25, 0.3) is 0 Å². The molecule has 0 spiro atoms. The number of nitrogens with one attached hydrogen (secondary N) is 1. The molecule has 5 nitrogen and oxygen atoms in total. The quantitative estimate of drug-likeness (QED) is 0.606. The molecule has 3 aromatic carbocycles. The summed E-state index contributed by atoms with van der Waals surface area (Å²) in [7, 11) is 0.427. The second-order valence-electron chi connectivity index (χ2n) is 8.24. The molecule has 3 aromatic rings. The van der Waals surface area contributed by atoms with E-state index in [1.807, 2.05) is 33.2 Å². The van der Waals surface area contributed by atoms with Crippen LogP contribution in [0.2, 0.25) is 0 Å². The second kappa shape index (κ2) is 8.73. The predicted molar refractivity (Wildman–Crippen MR) is 127 cm³/mol. The highest BCUT2D eigenvalue weighted by molar-refractivity contribution is 7.89. The van der Waals surface area contributed by atoms with Crippen molar-refractivity contribution < 1.29 is 8.42 Å². The molecule has 1 heterocycles. The van der Waals surface area contributed by atoms with Crippen molar-refractivity contribution in [2.45, 2.75) is 24.3 Å². The van der Waals surface area contributed by atoms with Crippen LogP contribution in [-0.2, 0) is 16.4 Å². The molecular formula is C25H29N3O2S. The molecule has 31 heavy (non-hydrogen) atoms. The van der Waals surface area contributed by atoms with E-state index in [9.17, 15) is 8.42 Å². The maximum absolute atomic E-state index is 13.0. The summed E-state index contributed by atoms with van der Waals surface area (Å²) in [5.74, 6) is 0. The molecule has 1 atom stereocenters. The molecular weight excluding hydrogens is 406 g/mol. The summed E-state index contributed by atoms with van der Waals surface area (Å²) in [5, 5.41) is 0. The van der Waals surface area contributed by atoms with Gasteiger partial charge in [0.15, 0.2) is 0 Å². The lowest BCUT2D eigenvalue weighted by molar-refractivity contribution is 0.563. The summed E-state index contributed by atoms with van der Waals surface area (Å²) in [6.07, 6.45) is 0.965. The van der Waals surface area contributed by atoms with Crippen molar-refractivity contribution in [3.05, 3.63) is 89.5 Å². The highest BCUT2D eigenvalue weighted by Gasteiger charge is 2.28. The topological polar surface area (TPSA) is 52.7 Å². The smallest absolute Gasteiger partial charge is 0.240 e. The van der Waals surface area contributed by atoms with Gasteiger partial charge in [-0.2, -0.15) is 0 Å². The van der Waals surface area contributed by atoms with Crippen LogP contribution in [-0.4, -0.2) is 35.6 Å². The first kappa shape index (κ1) is 21.4. The van der Waals surface area contributed by atoms with E-state index in [1.54, 1.807) is 18.2 Å².